The molecule has 1 aliphatic carbocycles. The van der Waals surface area contributed by atoms with Gasteiger partial charge in [0.2, 0.25) is 5.91 Å². The minimum atomic E-state index is -0.927. The fourth-order valence-electron chi connectivity index (χ4n) is 1.29. The number of nitrogens with one attached hydrogen (secondary N) is 1. The lowest BCUT2D eigenvalue weighted by molar-refractivity contribution is -0.120. The van der Waals surface area contributed by atoms with Crippen LogP contribution in [0.1, 0.15) is 19.0 Å². The Labute approximate surface area is 102 Å². The monoisotopic (exact) mass is 264 g/mol. The maximum Gasteiger partial charge on any atom is 0.235 e. The van der Waals surface area contributed by atoms with E-state index < -0.39 is 9.75 Å². The SMILES string of the molecule is Cc1csc(NC(=O)C2(C)CC2(Cl)Cl)n1. The molecule has 1 unspecified atom stereocenters. The smallest absolute Gasteiger partial charge is 0.235 e. The van der Waals surface area contributed by atoms with E-state index in [0.717, 1.165) is 5.69 Å². The van der Waals surface area contributed by atoms with Crippen LogP contribution < -0.4 is 5.32 Å². The number of carbonyl (C=O) groups is 1. The molecule has 2 rings (SSSR count). The number of carbonyl (C=O) groups excluding carboxylic acids is 1. The number of amides is 1. The summed E-state index contributed by atoms with van der Waals surface area (Å²) in [6.45, 7) is 3.63. The summed E-state index contributed by atoms with van der Waals surface area (Å²) >= 11 is 13.2. The Bertz CT molecular complexity index is 418. The van der Waals surface area contributed by atoms with Gasteiger partial charge in [-0.3, -0.25) is 4.79 Å². The van der Waals surface area contributed by atoms with Crippen molar-refractivity contribution in [2.45, 2.75) is 24.6 Å². The van der Waals surface area contributed by atoms with Crippen molar-refractivity contribution in [3.8, 4) is 0 Å². The largest absolute Gasteiger partial charge is 0.301 e. The Morgan fingerprint density at radius 3 is 2.67 bits per heavy atom. The summed E-state index contributed by atoms with van der Waals surface area (Å²) in [6, 6.07) is 0. The van der Waals surface area contributed by atoms with E-state index in [1.54, 1.807) is 6.92 Å². The number of aryl methyl sites for hydroxylation is 1. The van der Waals surface area contributed by atoms with E-state index in [4.69, 9.17) is 23.2 Å². The van der Waals surface area contributed by atoms with Crippen LogP contribution >= 0.6 is 34.5 Å². The van der Waals surface area contributed by atoms with Crippen LogP contribution in [0.25, 0.3) is 0 Å². The molecular formula is C9H10Cl2N2OS. The summed E-state index contributed by atoms with van der Waals surface area (Å²) in [5.41, 5.74) is 0.203. The van der Waals surface area contributed by atoms with Gasteiger partial charge in [-0.1, -0.05) is 0 Å². The third-order valence-electron chi connectivity index (χ3n) is 2.60. The maximum atomic E-state index is 11.8. The van der Waals surface area contributed by atoms with Gasteiger partial charge in [-0.2, -0.15) is 0 Å². The molecule has 0 saturated heterocycles. The Morgan fingerprint density at radius 2 is 2.27 bits per heavy atom. The first-order valence-electron chi connectivity index (χ1n) is 4.46. The van der Waals surface area contributed by atoms with Gasteiger partial charge in [-0.15, -0.1) is 34.5 Å². The zero-order valence-corrected chi connectivity index (χ0v) is 10.6. The van der Waals surface area contributed by atoms with E-state index in [1.165, 1.54) is 11.3 Å². The molecule has 1 saturated carbocycles. The van der Waals surface area contributed by atoms with E-state index in [-0.39, 0.29) is 5.91 Å². The number of aromatic nitrogens is 1. The molecular weight excluding hydrogens is 255 g/mol. The van der Waals surface area contributed by atoms with Crippen LogP contribution in [-0.2, 0) is 4.79 Å². The normalized spacial score (nSPS) is 27.5. The quantitative estimate of drug-likeness (QED) is 0.835. The van der Waals surface area contributed by atoms with Crippen LogP contribution in [0.2, 0.25) is 0 Å². The third kappa shape index (κ3) is 1.86. The number of hydrogen-bond donors (Lipinski definition) is 1. The Balaban J connectivity index is 2.06. The van der Waals surface area contributed by atoms with E-state index in [9.17, 15) is 4.79 Å². The minimum absolute atomic E-state index is 0.165. The molecule has 1 aromatic heterocycles. The molecule has 1 fully saturated rings. The van der Waals surface area contributed by atoms with Gasteiger partial charge in [0.1, 0.15) is 4.33 Å². The van der Waals surface area contributed by atoms with Crippen LogP contribution in [0.4, 0.5) is 5.13 Å². The highest BCUT2D eigenvalue weighted by Gasteiger charge is 2.68. The summed E-state index contributed by atoms with van der Waals surface area (Å²) in [5, 5.41) is 5.19. The molecule has 1 N–H and O–H groups in total. The number of alkyl halides is 2. The molecule has 82 valence electrons. The number of thiazole rings is 1. The molecule has 0 radical (unpaired) electrons. The number of nitrogens with zero attached hydrogens (tertiary/aromatic N) is 1. The molecule has 6 heteroatoms. The molecule has 0 bridgehead atoms. The highest BCUT2D eigenvalue weighted by atomic mass is 35.5. The molecule has 15 heavy (non-hydrogen) atoms. The first-order valence-corrected chi connectivity index (χ1v) is 6.10. The van der Waals surface area contributed by atoms with Crippen molar-refractivity contribution in [2.75, 3.05) is 5.32 Å². The minimum Gasteiger partial charge on any atom is -0.301 e. The fourth-order valence-corrected chi connectivity index (χ4v) is 2.68. The lowest BCUT2D eigenvalue weighted by atomic mass is 10.1. The van der Waals surface area contributed by atoms with E-state index >= 15 is 0 Å². The fraction of sp³-hybridized carbons (Fsp3) is 0.556. The van der Waals surface area contributed by atoms with Crippen LogP contribution in [0.15, 0.2) is 5.38 Å². The van der Waals surface area contributed by atoms with Gasteiger partial charge >= 0.3 is 0 Å². The van der Waals surface area contributed by atoms with Gasteiger partial charge in [-0.25, -0.2) is 4.98 Å². The Kier molecular flexibility index (Phi) is 2.48. The number of halogens is 2. The van der Waals surface area contributed by atoms with Crippen molar-refractivity contribution in [2.24, 2.45) is 5.41 Å². The van der Waals surface area contributed by atoms with Crippen molar-refractivity contribution < 1.29 is 4.79 Å². The number of hydrogen-bond acceptors (Lipinski definition) is 3. The first kappa shape index (κ1) is 11.2. The van der Waals surface area contributed by atoms with Gasteiger partial charge in [0.15, 0.2) is 5.13 Å². The van der Waals surface area contributed by atoms with E-state index in [2.05, 4.69) is 10.3 Å². The molecule has 3 nitrogen and oxygen atoms in total. The molecule has 1 atom stereocenters. The van der Waals surface area contributed by atoms with Gasteiger partial charge in [-0.05, 0) is 20.3 Å². The summed E-state index contributed by atoms with van der Waals surface area (Å²) in [7, 11) is 0. The standard InChI is InChI=1S/C9H10Cl2N2OS/c1-5-3-15-7(12-5)13-6(14)8(2)4-9(8,10)11/h3H,4H2,1-2H3,(H,12,13,14). The lowest BCUT2D eigenvalue weighted by Gasteiger charge is -2.10. The average molecular weight is 265 g/mol. The second-order valence-electron chi connectivity index (χ2n) is 3.96. The summed E-state index contributed by atoms with van der Waals surface area (Å²) in [5.74, 6) is -0.165. The van der Waals surface area contributed by atoms with Crippen molar-refractivity contribution >= 4 is 45.6 Å². The van der Waals surface area contributed by atoms with E-state index in [0.29, 0.717) is 11.6 Å². The second kappa shape index (κ2) is 3.34. The summed E-state index contributed by atoms with van der Waals surface area (Å²) in [4.78, 5) is 15.9. The third-order valence-corrected chi connectivity index (χ3v) is 4.58. The molecule has 0 spiro atoms. The van der Waals surface area contributed by atoms with Crippen molar-refractivity contribution in [1.29, 1.82) is 0 Å². The zero-order chi connectivity index (χ0) is 11.3. The highest BCUT2D eigenvalue weighted by Crippen LogP contribution is 2.64. The Morgan fingerprint density at radius 1 is 1.67 bits per heavy atom. The predicted octanol–water partition coefficient (Wildman–Crippen LogP) is 2.97. The zero-order valence-electron chi connectivity index (χ0n) is 8.30. The first-order chi connectivity index (χ1) is 6.85. The molecule has 1 aliphatic rings. The van der Waals surface area contributed by atoms with Gasteiger partial charge in [0.25, 0.3) is 0 Å². The Hall–Kier alpha value is -0.320. The van der Waals surface area contributed by atoms with Crippen molar-refractivity contribution in [1.82, 2.24) is 4.98 Å². The number of rotatable bonds is 2. The summed E-state index contributed by atoms with van der Waals surface area (Å²) in [6.07, 6.45) is 0.485. The van der Waals surface area contributed by atoms with Gasteiger partial charge < -0.3 is 5.32 Å². The molecule has 1 heterocycles. The van der Waals surface area contributed by atoms with Crippen LogP contribution in [0.3, 0.4) is 0 Å². The average Bonchev–Trinajstić information content (AvgIpc) is 2.47. The van der Waals surface area contributed by atoms with Crippen molar-refractivity contribution in [3.05, 3.63) is 11.1 Å². The molecule has 0 aromatic carbocycles. The molecule has 1 amide bonds. The maximum absolute atomic E-state index is 11.8. The highest BCUT2D eigenvalue weighted by molar-refractivity contribution is 7.13. The lowest BCUT2D eigenvalue weighted by Crippen LogP contribution is -2.25. The van der Waals surface area contributed by atoms with Crippen LogP contribution in [0.5, 0.6) is 0 Å². The van der Waals surface area contributed by atoms with Crippen molar-refractivity contribution in [3.63, 3.8) is 0 Å². The van der Waals surface area contributed by atoms with Gasteiger partial charge in [0, 0.05) is 5.38 Å². The second-order valence-corrected chi connectivity index (χ2v) is 6.30. The van der Waals surface area contributed by atoms with Crippen LogP contribution in [0, 0.1) is 12.3 Å². The topological polar surface area (TPSA) is 42.0 Å². The van der Waals surface area contributed by atoms with Crippen LogP contribution in [-0.4, -0.2) is 15.2 Å². The predicted molar refractivity (Wildman–Crippen MR) is 62.6 cm³/mol. The molecule has 0 aliphatic heterocycles. The van der Waals surface area contributed by atoms with E-state index in [1.807, 2.05) is 12.3 Å². The summed E-state index contributed by atoms with van der Waals surface area (Å²) < 4.78 is -0.927. The molecule has 1 aromatic rings. The number of anilines is 1. The van der Waals surface area contributed by atoms with Gasteiger partial charge in [0.05, 0.1) is 11.1 Å².